The normalized spacial score (nSPS) is 12.2. The Labute approximate surface area is 98.1 Å². The van der Waals surface area contributed by atoms with E-state index in [1.165, 1.54) is 0 Å². The van der Waals surface area contributed by atoms with E-state index in [1.807, 2.05) is 24.3 Å². The van der Waals surface area contributed by atoms with Crippen molar-refractivity contribution in [1.82, 2.24) is 0 Å². The summed E-state index contributed by atoms with van der Waals surface area (Å²) in [6, 6.07) is 8.11. The van der Waals surface area contributed by atoms with Gasteiger partial charge in [-0.1, -0.05) is 32.6 Å². The Morgan fingerprint density at radius 2 is 1.94 bits per heavy atom. The number of hydrogen-bond acceptors (Lipinski definition) is 2. The van der Waals surface area contributed by atoms with Gasteiger partial charge in [-0.05, 0) is 36.1 Å². The maximum absolute atomic E-state index is 5.93. The van der Waals surface area contributed by atoms with Crippen molar-refractivity contribution in [3.63, 3.8) is 0 Å². The van der Waals surface area contributed by atoms with Crippen LogP contribution in [0.4, 0.5) is 0 Å². The highest BCUT2D eigenvalue weighted by Crippen LogP contribution is 2.18. The third kappa shape index (κ3) is 3.70. The predicted octanol–water partition coefficient (Wildman–Crippen LogP) is 3.44. The van der Waals surface area contributed by atoms with Gasteiger partial charge in [0.15, 0.2) is 0 Å². The monoisotopic (exact) mass is 219 g/mol. The van der Waals surface area contributed by atoms with E-state index in [4.69, 9.17) is 10.5 Å². The van der Waals surface area contributed by atoms with Gasteiger partial charge in [0.25, 0.3) is 0 Å². The summed E-state index contributed by atoms with van der Waals surface area (Å²) in [5.74, 6) is 0.877. The second kappa shape index (κ2) is 6.33. The number of ether oxygens (including phenoxy) is 1. The van der Waals surface area contributed by atoms with Crippen molar-refractivity contribution < 1.29 is 4.74 Å². The molecule has 0 aliphatic carbocycles. The molecule has 16 heavy (non-hydrogen) atoms. The summed E-state index contributed by atoms with van der Waals surface area (Å²) in [7, 11) is 0. The maximum Gasteiger partial charge on any atom is 0.119 e. The average molecular weight is 219 g/mol. The van der Waals surface area contributed by atoms with E-state index < -0.39 is 0 Å². The third-order valence-electron chi connectivity index (χ3n) is 2.69. The summed E-state index contributed by atoms with van der Waals surface area (Å²) in [6.45, 7) is 8.66. The number of hydrogen-bond donors (Lipinski definition) is 1. The van der Waals surface area contributed by atoms with Gasteiger partial charge in [0, 0.05) is 6.04 Å². The summed E-state index contributed by atoms with van der Waals surface area (Å²) in [5, 5.41) is 0. The van der Waals surface area contributed by atoms with E-state index >= 15 is 0 Å². The molecular formula is C14H21NO. The summed E-state index contributed by atoms with van der Waals surface area (Å²) in [6.07, 6.45) is 1.91. The van der Waals surface area contributed by atoms with Crippen molar-refractivity contribution in [1.29, 1.82) is 0 Å². The van der Waals surface area contributed by atoms with Crippen molar-refractivity contribution in [3.05, 3.63) is 42.0 Å². The zero-order valence-corrected chi connectivity index (χ0v) is 10.2. The fourth-order valence-corrected chi connectivity index (χ4v) is 1.33. The lowest BCUT2D eigenvalue weighted by Gasteiger charge is -2.11. The third-order valence-corrected chi connectivity index (χ3v) is 2.69. The SMILES string of the molecule is C=C(CC)COc1ccc([C@@H](N)CC)cc1. The van der Waals surface area contributed by atoms with Crippen LogP contribution in [0.2, 0.25) is 0 Å². The van der Waals surface area contributed by atoms with Gasteiger partial charge in [-0.15, -0.1) is 0 Å². The molecule has 1 atom stereocenters. The Morgan fingerprint density at radius 1 is 1.31 bits per heavy atom. The van der Waals surface area contributed by atoms with Crippen LogP contribution in [0.5, 0.6) is 5.75 Å². The van der Waals surface area contributed by atoms with Crippen molar-refractivity contribution in [3.8, 4) is 5.75 Å². The van der Waals surface area contributed by atoms with Gasteiger partial charge in [0.1, 0.15) is 12.4 Å². The largest absolute Gasteiger partial charge is 0.489 e. The Balaban J connectivity index is 2.54. The van der Waals surface area contributed by atoms with E-state index in [0.717, 1.165) is 29.7 Å². The molecule has 0 aliphatic heterocycles. The fourth-order valence-electron chi connectivity index (χ4n) is 1.33. The molecule has 1 aromatic carbocycles. The van der Waals surface area contributed by atoms with Crippen molar-refractivity contribution in [2.75, 3.05) is 6.61 Å². The van der Waals surface area contributed by atoms with Gasteiger partial charge in [-0.3, -0.25) is 0 Å². The topological polar surface area (TPSA) is 35.2 Å². The fraction of sp³-hybridized carbons (Fsp3) is 0.429. The molecule has 0 aromatic heterocycles. The first-order valence-electron chi connectivity index (χ1n) is 5.82. The molecule has 1 rings (SSSR count). The van der Waals surface area contributed by atoms with Crippen LogP contribution < -0.4 is 10.5 Å². The van der Waals surface area contributed by atoms with Crippen LogP contribution >= 0.6 is 0 Å². The Morgan fingerprint density at radius 3 is 2.44 bits per heavy atom. The second-order valence-corrected chi connectivity index (χ2v) is 3.98. The summed E-state index contributed by atoms with van der Waals surface area (Å²) < 4.78 is 5.59. The predicted molar refractivity (Wildman–Crippen MR) is 68.6 cm³/mol. The van der Waals surface area contributed by atoms with Gasteiger partial charge in [-0.25, -0.2) is 0 Å². The van der Waals surface area contributed by atoms with Gasteiger partial charge < -0.3 is 10.5 Å². The maximum atomic E-state index is 5.93. The molecule has 1 aromatic rings. The van der Waals surface area contributed by atoms with E-state index in [2.05, 4.69) is 20.4 Å². The average Bonchev–Trinajstić information content (AvgIpc) is 2.35. The van der Waals surface area contributed by atoms with Crippen LogP contribution in [-0.2, 0) is 0 Å². The number of rotatable bonds is 6. The van der Waals surface area contributed by atoms with Crippen molar-refractivity contribution in [2.45, 2.75) is 32.7 Å². The summed E-state index contributed by atoms with van der Waals surface area (Å²) in [4.78, 5) is 0. The Kier molecular flexibility index (Phi) is 5.06. The Bertz CT molecular complexity index is 329. The van der Waals surface area contributed by atoms with Crippen LogP contribution in [0.15, 0.2) is 36.4 Å². The molecule has 0 bridgehead atoms. The zero-order valence-electron chi connectivity index (χ0n) is 10.2. The first-order valence-corrected chi connectivity index (χ1v) is 5.82. The molecule has 0 spiro atoms. The van der Waals surface area contributed by atoms with Crippen molar-refractivity contribution >= 4 is 0 Å². The second-order valence-electron chi connectivity index (χ2n) is 3.98. The van der Waals surface area contributed by atoms with Crippen LogP contribution in [0.3, 0.4) is 0 Å². The molecule has 2 heteroatoms. The van der Waals surface area contributed by atoms with E-state index in [9.17, 15) is 0 Å². The molecule has 0 heterocycles. The lowest BCUT2D eigenvalue weighted by molar-refractivity contribution is 0.349. The van der Waals surface area contributed by atoms with E-state index in [1.54, 1.807) is 0 Å². The van der Waals surface area contributed by atoms with Crippen molar-refractivity contribution in [2.24, 2.45) is 5.73 Å². The minimum atomic E-state index is 0.125. The van der Waals surface area contributed by atoms with E-state index in [-0.39, 0.29) is 6.04 Å². The smallest absolute Gasteiger partial charge is 0.119 e. The first kappa shape index (κ1) is 12.8. The highest BCUT2D eigenvalue weighted by molar-refractivity contribution is 5.29. The quantitative estimate of drug-likeness (QED) is 0.744. The molecule has 88 valence electrons. The highest BCUT2D eigenvalue weighted by atomic mass is 16.5. The lowest BCUT2D eigenvalue weighted by Crippen LogP contribution is -2.08. The minimum absolute atomic E-state index is 0.125. The standard InChI is InChI=1S/C14H21NO/c1-4-11(3)10-16-13-8-6-12(7-9-13)14(15)5-2/h6-9,14H,3-5,10,15H2,1-2H3/t14-/m0/s1. The van der Waals surface area contributed by atoms with Crippen LogP contribution in [0.1, 0.15) is 38.3 Å². The molecule has 0 radical (unpaired) electrons. The van der Waals surface area contributed by atoms with Crippen LogP contribution in [0.25, 0.3) is 0 Å². The summed E-state index contributed by atoms with van der Waals surface area (Å²) in [5.41, 5.74) is 8.20. The number of benzene rings is 1. The molecule has 0 fully saturated rings. The van der Waals surface area contributed by atoms with Gasteiger partial charge >= 0.3 is 0 Å². The Hall–Kier alpha value is -1.28. The zero-order chi connectivity index (χ0) is 12.0. The first-order chi connectivity index (χ1) is 7.67. The van der Waals surface area contributed by atoms with Crippen LogP contribution in [-0.4, -0.2) is 6.61 Å². The van der Waals surface area contributed by atoms with Gasteiger partial charge in [-0.2, -0.15) is 0 Å². The van der Waals surface area contributed by atoms with Crippen LogP contribution in [0, 0.1) is 0 Å². The van der Waals surface area contributed by atoms with E-state index in [0.29, 0.717) is 6.61 Å². The molecule has 0 aliphatic rings. The molecule has 0 unspecified atom stereocenters. The minimum Gasteiger partial charge on any atom is -0.489 e. The van der Waals surface area contributed by atoms with Gasteiger partial charge in [0.05, 0.1) is 0 Å². The molecule has 0 saturated heterocycles. The molecular weight excluding hydrogens is 198 g/mol. The summed E-state index contributed by atoms with van der Waals surface area (Å²) >= 11 is 0. The molecule has 0 saturated carbocycles. The highest BCUT2D eigenvalue weighted by Gasteiger charge is 2.02. The van der Waals surface area contributed by atoms with Gasteiger partial charge in [0.2, 0.25) is 0 Å². The number of nitrogens with two attached hydrogens (primary N) is 1. The lowest BCUT2D eigenvalue weighted by atomic mass is 10.1. The molecule has 2 nitrogen and oxygen atoms in total. The molecule has 2 N–H and O–H groups in total. The molecule has 0 amide bonds.